The predicted octanol–water partition coefficient (Wildman–Crippen LogP) is 3.77. The molecule has 0 aliphatic rings. The molecule has 22 heavy (non-hydrogen) atoms. The number of fused-ring (bicyclic) bond motifs is 1. The third-order valence-corrected chi connectivity index (χ3v) is 3.20. The average molecular weight is 315 g/mol. The Kier molecular flexibility index (Phi) is 4.58. The summed E-state index contributed by atoms with van der Waals surface area (Å²) in [6.07, 6.45) is -0.369. The van der Waals surface area contributed by atoms with E-state index in [2.05, 4.69) is 41.2 Å². The normalized spacial score (nSPS) is 12.8. The third-order valence-electron chi connectivity index (χ3n) is 3.20. The van der Waals surface area contributed by atoms with Gasteiger partial charge in [-0.05, 0) is 18.3 Å². The van der Waals surface area contributed by atoms with E-state index in [9.17, 15) is 13.2 Å². The number of nitrogens with zero attached hydrogens (tertiary/aromatic N) is 4. The summed E-state index contributed by atoms with van der Waals surface area (Å²) in [5.74, 6) is 0.192. The topological polar surface area (TPSA) is 55.1 Å². The molecule has 2 rings (SSSR count). The molecule has 0 amide bonds. The van der Waals surface area contributed by atoms with E-state index in [1.54, 1.807) is 0 Å². The zero-order valence-corrected chi connectivity index (χ0v) is 12.9. The number of aromatic nitrogens is 4. The van der Waals surface area contributed by atoms with Crippen LogP contribution < -0.4 is 5.32 Å². The standard InChI is InChI=1S/C14H20F3N5/c1-13(2,3)6-4-5-7-18-11-8-10(14(15,16)17)21-12-19-9-20-22(11)12/h8-9,18H,4-7H2,1-3H3. The van der Waals surface area contributed by atoms with Crippen molar-refractivity contribution in [2.24, 2.45) is 5.41 Å². The molecule has 0 saturated carbocycles. The Hall–Kier alpha value is -1.86. The Morgan fingerprint density at radius 3 is 2.55 bits per heavy atom. The van der Waals surface area contributed by atoms with Crippen LogP contribution in [0.5, 0.6) is 0 Å². The van der Waals surface area contributed by atoms with Crippen LogP contribution in [0.1, 0.15) is 45.7 Å². The van der Waals surface area contributed by atoms with Gasteiger partial charge in [0.1, 0.15) is 12.1 Å². The Balaban J connectivity index is 2.05. The highest BCUT2D eigenvalue weighted by Crippen LogP contribution is 2.29. The summed E-state index contributed by atoms with van der Waals surface area (Å²) in [5.41, 5.74) is -0.704. The highest BCUT2D eigenvalue weighted by molar-refractivity contribution is 5.45. The summed E-state index contributed by atoms with van der Waals surface area (Å²) in [6.45, 7) is 7.07. The van der Waals surface area contributed by atoms with E-state index in [4.69, 9.17) is 0 Å². The van der Waals surface area contributed by atoms with E-state index in [0.717, 1.165) is 25.3 Å². The molecule has 2 aromatic rings. The van der Waals surface area contributed by atoms with E-state index in [1.165, 1.54) is 10.8 Å². The largest absolute Gasteiger partial charge is 0.433 e. The smallest absolute Gasteiger partial charge is 0.370 e. The van der Waals surface area contributed by atoms with Gasteiger partial charge in [-0.1, -0.05) is 27.2 Å². The lowest BCUT2D eigenvalue weighted by atomic mass is 9.90. The van der Waals surface area contributed by atoms with Gasteiger partial charge in [-0.2, -0.15) is 27.8 Å². The first-order valence-electron chi connectivity index (χ1n) is 7.19. The highest BCUT2D eigenvalue weighted by Gasteiger charge is 2.34. The highest BCUT2D eigenvalue weighted by atomic mass is 19.4. The third kappa shape index (κ3) is 4.32. The molecule has 122 valence electrons. The Morgan fingerprint density at radius 2 is 1.91 bits per heavy atom. The van der Waals surface area contributed by atoms with Crippen LogP contribution in [0.2, 0.25) is 0 Å². The molecule has 0 aliphatic carbocycles. The number of anilines is 1. The van der Waals surface area contributed by atoms with Crippen LogP contribution in [0, 0.1) is 5.41 Å². The molecular formula is C14H20F3N5. The average Bonchev–Trinajstić information content (AvgIpc) is 2.83. The van der Waals surface area contributed by atoms with Crippen molar-refractivity contribution in [1.29, 1.82) is 0 Å². The molecule has 0 aromatic carbocycles. The van der Waals surface area contributed by atoms with Crippen LogP contribution in [0.15, 0.2) is 12.4 Å². The summed E-state index contributed by atoms with van der Waals surface area (Å²) in [5, 5.41) is 6.89. The van der Waals surface area contributed by atoms with Crippen molar-refractivity contribution in [1.82, 2.24) is 19.6 Å². The Morgan fingerprint density at radius 1 is 1.18 bits per heavy atom. The van der Waals surface area contributed by atoms with Crippen molar-refractivity contribution in [3.8, 4) is 0 Å². The van der Waals surface area contributed by atoms with Crippen LogP contribution in [0.4, 0.5) is 19.0 Å². The van der Waals surface area contributed by atoms with Gasteiger partial charge in [0.05, 0.1) is 0 Å². The molecule has 5 nitrogen and oxygen atoms in total. The Bertz CT molecular complexity index is 627. The van der Waals surface area contributed by atoms with Crippen LogP contribution in [0.25, 0.3) is 5.78 Å². The molecule has 1 N–H and O–H groups in total. The molecule has 0 aliphatic heterocycles. The lowest BCUT2D eigenvalue weighted by molar-refractivity contribution is -0.141. The van der Waals surface area contributed by atoms with E-state index < -0.39 is 11.9 Å². The molecule has 8 heteroatoms. The zero-order chi connectivity index (χ0) is 16.4. The first-order valence-corrected chi connectivity index (χ1v) is 7.19. The van der Waals surface area contributed by atoms with Crippen LogP contribution in [-0.4, -0.2) is 26.1 Å². The first kappa shape index (κ1) is 16.5. The molecular weight excluding hydrogens is 295 g/mol. The lowest BCUT2D eigenvalue weighted by Gasteiger charge is -2.17. The minimum absolute atomic E-state index is 0.0629. The number of rotatable bonds is 5. The van der Waals surface area contributed by atoms with E-state index in [1.807, 2.05) is 0 Å². The van der Waals surface area contributed by atoms with Gasteiger partial charge >= 0.3 is 6.18 Å². The van der Waals surface area contributed by atoms with Gasteiger partial charge in [0.25, 0.3) is 5.78 Å². The van der Waals surface area contributed by atoms with Crippen molar-refractivity contribution in [2.45, 2.75) is 46.2 Å². The maximum absolute atomic E-state index is 12.8. The van der Waals surface area contributed by atoms with Gasteiger partial charge in [0.15, 0.2) is 5.69 Å². The second-order valence-corrected chi connectivity index (χ2v) is 6.44. The van der Waals surface area contributed by atoms with Crippen molar-refractivity contribution < 1.29 is 13.2 Å². The van der Waals surface area contributed by atoms with Crippen molar-refractivity contribution >= 4 is 11.6 Å². The zero-order valence-electron chi connectivity index (χ0n) is 12.9. The SMILES string of the molecule is CC(C)(C)CCCCNc1cc(C(F)(F)F)nc2ncnn12. The van der Waals surface area contributed by atoms with Gasteiger partial charge < -0.3 is 5.32 Å². The molecule has 0 saturated heterocycles. The van der Waals surface area contributed by atoms with E-state index in [0.29, 0.717) is 6.54 Å². The number of halogens is 3. The van der Waals surface area contributed by atoms with Crippen LogP contribution >= 0.6 is 0 Å². The molecule has 0 unspecified atom stereocenters. The van der Waals surface area contributed by atoms with Gasteiger partial charge in [-0.25, -0.2) is 4.98 Å². The van der Waals surface area contributed by atoms with Gasteiger partial charge in [-0.15, -0.1) is 0 Å². The molecule has 0 spiro atoms. The molecule has 0 radical (unpaired) electrons. The number of hydrogen-bond donors (Lipinski definition) is 1. The van der Waals surface area contributed by atoms with Crippen molar-refractivity contribution in [2.75, 3.05) is 11.9 Å². The summed E-state index contributed by atoms with van der Waals surface area (Å²) in [6, 6.07) is 0.964. The minimum Gasteiger partial charge on any atom is -0.370 e. The summed E-state index contributed by atoms with van der Waals surface area (Å²) >= 11 is 0. The molecule has 2 aromatic heterocycles. The quantitative estimate of drug-likeness (QED) is 0.853. The van der Waals surface area contributed by atoms with Crippen molar-refractivity contribution in [3.05, 3.63) is 18.1 Å². The molecule has 0 atom stereocenters. The fraction of sp³-hybridized carbons (Fsp3) is 0.643. The maximum atomic E-state index is 12.8. The monoisotopic (exact) mass is 315 g/mol. The van der Waals surface area contributed by atoms with Crippen molar-refractivity contribution in [3.63, 3.8) is 0 Å². The number of alkyl halides is 3. The predicted molar refractivity (Wildman–Crippen MR) is 77.6 cm³/mol. The first-order chi connectivity index (χ1) is 10.2. The summed E-state index contributed by atoms with van der Waals surface area (Å²) in [4.78, 5) is 7.20. The molecule has 0 bridgehead atoms. The molecule has 2 heterocycles. The second kappa shape index (κ2) is 6.10. The number of unbranched alkanes of at least 4 members (excludes halogenated alkanes) is 1. The van der Waals surface area contributed by atoms with Gasteiger partial charge in [0.2, 0.25) is 0 Å². The minimum atomic E-state index is -4.50. The van der Waals surface area contributed by atoms with E-state index in [-0.39, 0.29) is 17.0 Å². The maximum Gasteiger partial charge on any atom is 0.433 e. The number of hydrogen-bond acceptors (Lipinski definition) is 4. The Labute approximate surface area is 127 Å². The second-order valence-electron chi connectivity index (χ2n) is 6.44. The lowest BCUT2D eigenvalue weighted by Crippen LogP contribution is -2.14. The van der Waals surface area contributed by atoms with Gasteiger partial charge in [-0.3, -0.25) is 0 Å². The van der Waals surface area contributed by atoms with Crippen LogP contribution in [-0.2, 0) is 6.18 Å². The number of nitrogens with one attached hydrogen (secondary N) is 1. The summed E-state index contributed by atoms with van der Waals surface area (Å²) in [7, 11) is 0. The van der Waals surface area contributed by atoms with Crippen LogP contribution in [0.3, 0.4) is 0 Å². The summed E-state index contributed by atoms with van der Waals surface area (Å²) < 4.78 is 39.8. The molecule has 0 fully saturated rings. The fourth-order valence-electron chi connectivity index (χ4n) is 2.08. The van der Waals surface area contributed by atoms with E-state index >= 15 is 0 Å². The van der Waals surface area contributed by atoms with Gasteiger partial charge in [0, 0.05) is 12.6 Å². The fourth-order valence-corrected chi connectivity index (χ4v) is 2.08.